The van der Waals surface area contributed by atoms with Crippen molar-refractivity contribution in [2.24, 2.45) is 11.8 Å². The van der Waals surface area contributed by atoms with Gasteiger partial charge in [0.15, 0.2) is 0 Å². The lowest BCUT2D eigenvalue weighted by atomic mass is 9.90. The molecule has 0 aromatic heterocycles. The fraction of sp³-hybridized carbons (Fsp3) is 0.688. The lowest BCUT2D eigenvalue weighted by molar-refractivity contribution is -0.142. The molecule has 0 amide bonds. The van der Waals surface area contributed by atoms with E-state index in [9.17, 15) is 15.0 Å². The van der Waals surface area contributed by atoms with Gasteiger partial charge in [0.1, 0.15) is 0 Å². The Labute approximate surface area is 120 Å². The molecule has 2 aliphatic rings. The van der Waals surface area contributed by atoms with Crippen molar-refractivity contribution in [1.29, 1.82) is 0 Å². The van der Waals surface area contributed by atoms with Crippen LogP contribution in [0.1, 0.15) is 39.0 Å². The summed E-state index contributed by atoms with van der Waals surface area (Å²) >= 11 is 0. The van der Waals surface area contributed by atoms with Crippen LogP contribution in [0, 0.1) is 11.8 Å². The van der Waals surface area contributed by atoms with Crippen LogP contribution in [0.25, 0.3) is 0 Å². The van der Waals surface area contributed by atoms with Crippen LogP contribution >= 0.6 is 0 Å². The smallest absolute Gasteiger partial charge is 0.330 e. The first-order valence-corrected chi connectivity index (χ1v) is 7.48. The van der Waals surface area contributed by atoms with E-state index < -0.39 is 12.1 Å². The van der Waals surface area contributed by atoms with Crippen molar-refractivity contribution in [3.05, 3.63) is 24.3 Å². The minimum atomic E-state index is -0.717. The highest BCUT2D eigenvalue weighted by Crippen LogP contribution is 2.36. The van der Waals surface area contributed by atoms with Crippen LogP contribution in [0.15, 0.2) is 24.3 Å². The molecule has 1 saturated carbocycles. The molecule has 4 nitrogen and oxygen atoms in total. The zero-order valence-corrected chi connectivity index (χ0v) is 11.9. The number of carbonyl (C=O) groups is 1. The van der Waals surface area contributed by atoms with Gasteiger partial charge >= 0.3 is 5.97 Å². The van der Waals surface area contributed by atoms with E-state index in [1.54, 1.807) is 0 Å². The Morgan fingerprint density at radius 3 is 2.85 bits per heavy atom. The molecule has 2 N–H and O–H groups in total. The predicted octanol–water partition coefficient (Wildman–Crippen LogP) is 1.96. The molecule has 5 atom stereocenters. The maximum absolute atomic E-state index is 11.6. The Kier molecular flexibility index (Phi) is 5.38. The maximum Gasteiger partial charge on any atom is 0.330 e. The largest absolute Gasteiger partial charge is 0.460 e. The Balaban J connectivity index is 2.11. The SMILES string of the molecule is C[C@H]1CCC/C=C\[C@@H]2C[C@H](O)C[C@@H]2[C@H](O)/C=C\C(=O)O1. The van der Waals surface area contributed by atoms with E-state index >= 15 is 0 Å². The molecule has 0 aromatic rings. The molecule has 0 saturated heterocycles. The summed E-state index contributed by atoms with van der Waals surface area (Å²) in [4.78, 5) is 11.6. The highest BCUT2D eigenvalue weighted by Gasteiger charge is 2.35. The van der Waals surface area contributed by atoms with E-state index in [1.807, 2.05) is 6.92 Å². The van der Waals surface area contributed by atoms with Crippen molar-refractivity contribution in [3.8, 4) is 0 Å². The molecule has 20 heavy (non-hydrogen) atoms. The number of esters is 1. The van der Waals surface area contributed by atoms with Gasteiger partial charge in [-0.05, 0) is 56.9 Å². The van der Waals surface area contributed by atoms with E-state index in [2.05, 4.69) is 12.2 Å². The second-order valence-electron chi connectivity index (χ2n) is 5.91. The monoisotopic (exact) mass is 280 g/mol. The van der Waals surface area contributed by atoms with Crippen molar-refractivity contribution in [2.45, 2.75) is 57.3 Å². The van der Waals surface area contributed by atoms with Crippen molar-refractivity contribution < 1.29 is 19.7 Å². The van der Waals surface area contributed by atoms with Crippen molar-refractivity contribution in [1.82, 2.24) is 0 Å². The van der Waals surface area contributed by atoms with Gasteiger partial charge in [-0.3, -0.25) is 0 Å². The summed E-state index contributed by atoms with van der Waals surface area (Å²) < 4.78 is 5.23. The number of aliphatic hydroxyl groups is 2. The summed E-state index contributed by atoms with van der Waals surface area (Å²) in [5.74, 6) is -0.249. The lowest BCUT2D eigenvalue weighted by Gasteiger charge is -2.19. The molecule has 0 spiro atoms. The molecule has 2 rings (SSSR count). The Morgan fingerprint density at radius 2 is 2.05 bits per heavy atom. The lowest BCUT2D eigenvalue weighted by Crippen LogP contribution is -2.21. The van der Waals surface area contributed by atoms with Crippen LogP contribution in [0.5, 0.6) is 0 Å². The van der Waals surface area contributed by atoms with Crippen LogP contribution < -0.4 is 0 Å². The number of hydrogen-bond donors (Lipinski definition) is 2. The number of aliphatic hydroxyl groups excluding tert-OH is 2. The fourth-order valence-corrected chi connectivity index (χ4v) is 3.10. The first-order chi connectivity index (χ1) is 9.56. The van der Waals surface area contributed by atoms with E-state index in [0.717, 1.165) is 19.3 Å². The molecular formula is C16H24O4. The number of rotatable bonds is 0. The maximum atomic E-state index is 11.6. The highest BCUT2D eigenvalue weighted by atomic mass is 16.5. The van der Waals surface area contributed by atoms with Gasteiger partial charge in [-0.2, -0.15) is 0 Å². The summed E-state index contributed by atoms with van der Waals surface area (Å²) in [6.07, 6.45) is 9.87. The third-order valence-electron chi connectivity index (χ3n) is 4.19. The number of ether oxygens (including phenoxy) is 1. The third kappa shape index (κ3) is 4.18. The molecule has 4 heteroatoms. The summed E-state index contributed by atoms with van der Waals surface area (Å²) in [5, 5.41) is 20.0. The van der Waals surface area contributed by atoms with Gasteiger partial charge in [0.05, 0.1) is 18.3 Å². The minimum Gasteiger partial charge on any atom is -0.460 e. The number of hydrogen-bond acceptors (Lipinski definition) is 4. The van der Waals surface area contributed by atoms with Crippen LogP contribution in [0.4, 0.5) is 0 Å². The quantitative estimate of drug-likeness (QED) is 0.526. The predicted molar refractivity (Wildman–Crippen MR) is 75.9 cm³/mol. The summed E-state index contributed by atoms with van der Waals surface area (Å²) in [6, 6.07) is 0. The average Bonchev–Trinajstić information content (AvgIpc) is 2.76. The summed E-state index contributed by atoms with van der Waals surface area (Å²) in [5.41, 5.74) is 0. The molecule has 1 fully saturated rings. The average molecular weight is 280 g/mol. The number of allylic oxidation sites excluding steroid dienone is 2. The second kappa shape index (κ2) is 7.04. The zero-order chi connectivity index (χ0) is 14.5. The van der Waals surface area contributed by atoms with Gasteiger partial charge in [0, 0.05) is 6.08 Å². The number of carbonyl (C=O) groups excluding carboxylic acids is 1. The van der Waals surface area contributed by atoms with Crippen LogP contribution in [-0.2, 0) is 9.53 Å². The zero-order valence-electron chi connectivity index (χ0n) is 11.9. The number of cyclic esters (lactones) is 1. The minimum absolute atomic E-state index is 0.0246. The van der Waals surface area contributed by atoms with E-state index in [1.165, 1.54) is 12.2 Å². The van der Waals surface area contributed by atoms with Crippen LogP contribution in [-0.4, -0.2) is 34.5 Å². The van der Waals surface area contributed by atoms with Crippen molar-refractivity contribution >= 4 is 5.97 Å². The molecular weight excluding hydrogens is 256 g/mol. The van der Waals surface area contributed by atoms with Gasteiger partial charge in [-0.15, -0.1) is 0 Å². The molecule has 1 aliphatic carbocycles. The summed E-state index contributed by atoms with van der Waals surface area (Å²) in [7, 11) is 0. The van der Waals surface area contributed by atoms with Gasteiger partial charge in [0.25, 0.3) is 0 Å². The van der Waals surface area contributed by atoms with Gasteiger partial charge in [-0.1, -0.05) is 12.2 Å². The highest BCUT2D eigenvalue weighted by molar-refractivity contribution is 5.82. The Hall–Kier alpha value is -1.13. The molecule has 1 heterocycles. The third-order valence-corrected chi connectivity index (χ3v) is 4.19. The Bertz CT molecular complexity index is 388. The van der Waals surface area contributed by atoms with Gasteiger partial charge < -0.3 is 14.9 Å². The Morgan fingerprint density at radius 1 is 1.25 bits per heavy atom. The van der Waals surface area contributed by atoms with E-state index in [4.69, 9.17) is 4.74 Å². The molecule has 1 aliphatic heterocycles. The summed E-state index contributed by atoms with van der Waals surface area (Å²) in [6.45, 7) is 1.89. The van der Waals surface area contributed by atoms with Gasteiger partial charge in [0.2, 0.25) is 0 Å². The topological polar surface area (TPSA) is 66.8 Å². The number of fused-ring (bicyclic) bond motifs is 1. The molecule has 0 unspecified atom stereocenters. The molecule has 0 bridgehead atoms. The van der Waals surface area contributed by atoms with Crippen molar-refractivity contribution in [3.63, 3.8) is 0 Å². The first kappa shape index (κ1) is 15.3. The van der Waals surface area contributed by atoms with Gasteiger partial charge in [-0.25, -0.2) is 4.79 Å². The fourth-order valence-electron chi connectivity index (χ4n) is 3.10. The normalized spacial score (nSPS) is 42.5. The second-order valence-corrected chi connectivity index (χ2v) is 5.91. The standard InChI is InChI=1S/C16H24O4/c1-11-5-3-2-4-6-12-9-13(17)10-14(12)15(18)7-8-16(19)20-11/h4,6-8,11-15,17-18H,2-3,5,9-10H2,1H3/b6-4-,8-7-/t11-,12+,13-,14-,15+/m0/s1. The first-order valence-electron chi connectivity index (χ1n) is 7.48. The van der Waals surface area contributed by atoms with E-state index in [-0.39, 0.29) is 24.0 Å². The molecule has 0 radical (unpaired) electrons. The van der Waals surface area contributed by atoms with E-state index in [0.29, 0.717) is 12.8 Å². The molecule has 0 aromatic carbocycles. The van der Waals surface area contributed by atoms with Crippen LogP contribution in [0.3, 0.4) is 0 Å². The molecule has 112 valence electrons. The van der Waals surface area contributed by atoms with Crippen LogP contribution in [0.2, 0.25) is 0 Å². The van der Waals surface area contributed by atoms with Crippen molar-refractivity contribution in [2.75, 3.05) is 0 Å².